The maximum absolute atomic E-state index is 13.7. The molecule has 1 heterocycles. The Hall–Kier alpha value is -4.14. The molecule has 0 saturated heterocycles. The zero-order valence-electron chi connectivity index (χ0n) is 23.6. The molecule has 0 radical (unpaired) electrons. The molecular weight excluding hydrogens is 525 g/mol. The number of carbonyl (C=O) groups is 5. The van der Waals surface area contributed by atoms with Crippen LogP contribution >= 0.6 is 0 Å². The van der Waals surface area contributed by atoms with Gasteiger partial charge in [0.05, 0.1) is 11.7 Å². The van der Waals surface area contributed by atoms with Crippen LogP contribution in [-0.2, 0) is 25.6 Å². The summed E-state index contributed by atoms with van der Waals surface area (Å²) in [5.74, 6) is -4.29. The fourth-order valence-electron chi connectivity index (χ4n) is 5.24. The van der Waals surface area contributed by atoms with Crippen molar-refractivity contribution in [1.29, 1.82) is 0 Å². The van der Waals surface area contributed by atoms with E-state index in [1.807, 2.05) is 30.3 Å². The molecule has 1 saturated carbocycles. The number of aromatic nitrogens is 1. The Kier molecular flexibility index (Phi) is 9.15. The number of carbonyl (C=O) groups excluding carboxylic acids is 5. The second kappa shape index (κ2) is 12.6. The molecule has 8 nitrogen and oxygen atoms in total. The third-order valence-electron chi connectivity index (χ3n) is 7.31. The van der Waals surface area contributed by atoms with Crippen LogP contribution < -0.4 is 10.6 Å². The highest BCUT2D eigenvalue weighted by Crippen LogP contribution is 2.27. The summed E-state index contributed by atoms with van der Waals surface area (Å²) in [7, 11) is 0. The number of nitrogens with one attached hydrogen (secondary N) is 3. The number of hydrogen-bond acceptors (Lipinski definition) is 5. The van der Waals surface area contributed by atoms with Crippen LogP contribution in [0.15, 0.2) is 54.6 Å². The van der Waals surface area contributed by atoms with Crippen LogP contribution in [0.2, 0.25) is 0 Å². The van der Waals surface area contributed by atoms with E-state index in [0.717, 1.165) is 5.56 Å². The molecule has 1 aromatic heterocycles. The largest absolute Gasteiger partial charge is 0.352 e. The van der Waals surface area contributed by atoms with Gasteiger partial charge < -0.3 is 15.6 Å². The van der Waals surface area contributed by atoms with Crippen molar-refractivity contribution in [3.8, 4) is 0 Å². The van der Waals surface area contributed by atoms with E-state index in [2.05, 4.69) is 15.6 Å². The summed E-state index contributed by atoms with van der Waals surface area (Å²) >= 11 is 0. The molecule has 41 heavy (non-hydrogen) atoms. The molecule has 2 amide bonds. The minimum atomic E-state index is -1.21. The van der Waals surface area contributed by atoms with Crippen LogP contribution in [0.3, 0.4) is 0 Å². The Morgan fingerprint density at radius 1 is 1.05 bits per heavy atom. The normalized spacial score (nSPS) is 16.8. The second-order valence-electron chi connectivity index (χ2n) is 11.8. The Bertz CT molecular complexity index is 1460. The average molecular weight is 562 g/mol. The molecule has 1 aliphatic rings. The van der Waals surface area contributed by atoms with E-state index in [1.54, 1.807) is 32.9 Å². The Balaban J connectivity index is 1.58. The lowest BCUT2D eigenvalue weighted by atomic mass is 9.90. The first-order chi connectivity index (χ1) is 19.4. The van der Waals surface area contributed by atoms with E-state index in [4.69, 9.17) is 0 Å². The number of hydrogen-bond donors (Lipinski definition) is 3. The lowest BCUT2D eigenvalue weighted by Crippen LogP contribution is -2.53. The average Bonchev–Trinajstić information content (AvgIpc) is 3.52. The molecule has 0 aliphatic heterocycles. The first-order valence-electron chi connectivity index (χ1n) is 13.9. The highest BCUT2D eigenvalue weighted by atomic mass is 19.1. The van der Waals surface area contributed by atoms with Gasteiger partial charge in [0.15, 0.2) is 5.78 Å². The molecule has 2 aromatic carbocycles. The van der Waals surface area contributed by atoms with Crippen LogP contribution in [0.1, 0.15) is 68.9 Å². The predicted octanol–water partition coefficient (Wildman–Crippen LogP) is 4.47. The van der Waals surface area contributed by atoms with Crippen molar-refractivity contribution in [2.75, 3.05) is 0 Å². The van der Waals surface area contributed by atoms with Gasteiger partial charge in [-0.1, -0.05) is 30.3 Å². The molecular formula is C32H36FN3O5. The Morgan fingerprint density at radius 2 is 1.78 bits per heavy atom. The summed E-state index contributed by atoms with van der Waals surface area (Å²) < 4.78 is 13.7. The third-order valence-corrected chi connectivity index (χ3v) is 7.31. The van der Waals surface area contributed by atoms with Crippen LogP contribution in [0, 0.1) is 17.7 Å². The van der Waals surface area contributed by atoms with Gasteiger partial charge in [-0.3, -0.25) is 24.0 Å². The molecule has 0 bridgehead atoms. The quantitative estimate of drug-likeness (QED) is 0.235. The van der Waals surface area contributed by atoms with E-state index in [9.17, 15) is 28.4 Å². The zero-order chi connectivity index (χ0) is 29.7. The first kappa shape index (κ1) is 29.8. The van der Waals surface area contributed by atoms with Crippen molar-refractivity contribution < 1.29 is 28.4 Å². The molecule has 3 N–H and O–H groups in total. The summed E-state index contributed by atoms with van der Waals surface area (Å²) in [6, 6.07) is 13.7. The molecule has 4 rings (SSSR count). The van der Waals surface area contributed by atoms with Crippen molar-refractivity contribution >= 4 is 40.1 Å². The van der Waals surface area contributed by atoms with Crippen LogP contribution in [-0.4, -0.2) is 45.7 Å². The van der Waals surface area contributed by atoms with Gasteiger partial charge in [0.1, 0.15) is 11.6 Å². The predicted molar refractivity (Wildman–Crippen MR) is 153 cm³/mol. The second-order valence-corrected chi connectivity index (χ2v) is 11.8. The SMILES string of the molecule is CC(C)(C)NC(=O)C(=O)[C@H](C[C@@H]1CCCC1=O)NC(=O)[C@@H](CC(=O)c1cc2ccc(F)cc2[nH]1)Cc1ccccc1. The standard InChI is InChI=1S/C32H36FN3O5/c1-32(2,3)36-31(41)29(39)26(16-21-10-7-11-27(21)37)35-30(40)22(14-19-8-5-4-6-9-19)17-28(38)25-15-20-12-13-23(33)18-24(20)34-25/h4-6,8-9,12-13,15,18,21-22,26,34H,7,10-11,14,16-17H2,1-3H3,(H,35,40)(H,36,41)/t21-,22+,26-/m0/s1. The van der Waals surface area contributed by atoms with Crippen LogP contribution in [0.5, 0.6) is 0 Å². The minimum absolute atomic E-state index is 0.0135. The van der Waals surface area contributed by atoms with Crippen molar-refractivity contribution in [3.05, 3.63) is 71.7 Å². The van der Waals surface area contributed by atoms with Crippen molar-refractivity contribution in [2.24, 2.45) is 11.8 Å². The highest BCUT2D eigenvalue weighted by Gasteiger charge is 2.36. The van der Waals surface area contributed by atoms with Gasteiger partial charge in [-0.25, -0.2) is 4.39 Å². The van der Waals surface area contributed by atoms with Crippen molar-refractivity contribution in [2.45, 2.75) is 70.9 Å². The maximum Gasteiger partial charge on any atom is 0.290 e. The smallest absolute Gasteiger partial charge is 0.290 e. The monoisotopic (exact) mass is 561 g/mol. The van der Waals surface area contributed by atoms with E-state index in [0.29, 0.717) is 30.2 Å². The van der Waals surface area contributed by atoms with E-state index >= 15 is 0 Å². The van der Waals surface area contributed by atoms with Gasteiger partial charge >= 0.3 is 0 Å². The number of halogens is 1. The Morgan fingerprint density at radius 3 is 2.44 bits per heavy atom. The first-order valence-corrected chi connectivity index (χ1v) is 13.9. The Labute approximate surface area is 238 Å². The van der Waals surface area contributed by atoms with Gasteiger partial charge in [0.2, 0.25) is 11.7 Å². The summed E-state index contributed by atoms with van der Waals surface area (Å²) in [5.41, 5.74) is 0.854. The number of ketones is 3. The summed E-state index contributed by atoms with van der Waals surface area (Å²) in [6.07, 6.45) is 1.75. The van der Waals surface area contributed by atoms with Gasteiger partial charge in [-0.05, 0) is 76.3 Å². The molecule has 0 spiro atoms. The van der Waals surface area contributed by atoms with Crippen molar-refractivity contribution in [1.82, 2.24) is 15.6 Å². The lowest BCUT2D eigenvalue weighted by molar-refractivity contribution is -0.141. The molecule has 3 atom stereocenters. The van der Waals surface area contributed by atoms with Crippen LogP contribution in [0.25, 0.3) is 10.9 Å². The van der Waals surface area contributed by atoms with Crippen LogP contribution in [0.4, 0.5) is 4.39 Å². The van der Waals surface area contributed by atoms with Gasteiger partial charge in [-0.2, -0.15) is 0 Å². The maximum atomic E-state index is 13.7. The molecule has 216 valence electrons. The number of fused-ring (bicyclic) bond motifs is 1. The summed E-state index contributed by atoms with van der Waals surface area (Å²) in [4.78, 5) is 68.4. The van der Waals surface area contributed by atoms with Gasteiger partial charge in [0.25, 0.3) is 5.91 Å². The number of rotatable bonds is 11. The van der Waals surface area contributed by atoms with E-state index in [-0.39, 0.29) is 36.5 Å². The van der Waals surface area contributed by atoms with Crippen molar-refractivity contribution in [3.63, 3.8) is 0 Å². The number of amides is 2. The third kappa shape index (κ3) is 7.96. The molecule has 3 aromatic rings. The summed E-state index contributed by atoms with van der Waals surface area (Å²) in [5, 5.41) is 6.03. The van der Waals surface area contributed by atoms with Gasteiger partial charge in [-0.15, -0.1) is 0 Å². The number of benzene rings is 2. The number of Topliss-reactive ketones (excluding diaryl/α,β-unsaturated/α-hetero) is 3. The zero-order valence-corrected chi connectivity index (χ0v) is 23.6. The minimum Gasteiger partial charge on any atom is -0.352 e. The topological polar surface area (TPSA) is 125 Å². The molecule has 9 heteroatoms. The summed E-state index contributed by atoms with van der Waals surface area (Å²) in [6.45, 7) is 5.23. The highest BCUT2D eigenvalue weighted by molar-refractivity contribution is 6.38. The fraction of sp³-hybridized carbons (Fsp3) is 0.406. The number of H-pyrrole nitrogens is 1. The van der Waals surface area contributed by atoms with E-state index < -0.39 is 46.8 Å². The fourth-order valence-corrected chi connectivity index (χ4v) is 5.24. The molecule has 0 unspecified atom stereocenters. The molecule has 1 aliphatic carbocycles. The van der Waals surface area contributed by atoms with E-state index in [1.165, 1.54) is 12.1 Å². The molecule has 1 fully saturated rings. The lowest BCUT2D eigenvalue weighted by Gasteiger charge is -2.25. The number of aromatic amines is 1. The van der Waals surface area contributed by atoms with Gasteiger partial charge in [0, 0.05) is 41.1 Å².